The second-order valence-corrected chi connectivity index (χ2v) is 5.61. The summed E-state index contributed by atoms with van der Waals surface area (Å²) in [5, 5.41) is 0. The second-order valence-electron chi connectivity index (χ2n) is 3.07. The normalized spacial score (nSPS) is 11.1. The van der Waals surface area contributed by atoms with Crippen molar-refractivity contribution in [1.29, 1.82) is 0 Å². The van der Waals surface area contributed by atoms with Crippen LogP contribution in [-0.2, 0) is 14.8 Å². The van der Waals surface area contributed by atoms with Crippen molar-refractivity contribution in [2.75, 3.05) is 0 Å². The van der Waals surface area contributed by atoms with Crippen LogP contribution >= 0.6 is 15.9 Å². The van der Waals surface area contributed by atoms with Crippen LogP contribution in [0.3, 0.4) is 0 Å². The van der Waals surface area contributed by atoms with E-state index in [4.69, 9.17) is 0 Å². The first kappa shape index (κ1) is 12.2. The second kappa shape index (κ2) is 4.32. The Labute approximate surface area is 96.9 Å². The van der Waals surface area contributed by atoms with E-state index in [0.717, 1.165) is 17.0 Å². The van der Waals surface area contributed by atoms with Crippen LogP contribution in [0.15, 0.2) is 27.6 Å². The lowest BCUT2D eigenvalue weighted by atomic mass is 10.2. The SMILES string of the molecule is CC(=O)NS(=O)(=O)c1ccc(Br)c(C)c1. The predicted octanol–water partition coefficient (Wildman–Crippen LogP) is 1.58. The number of benzene rings is 1. The van der Waals surface area contributed by atoms with Gasteiger partial charge < -0.3 is 0 Å². The van der Waals surface area contributed by atoms with Gasteiger partial charge in [-0.25, -0.2) is 13.1 Å². The Morgan fingerprint density at radius 1 is 1.40 bits per heavy atom. The average molecular weight is 292 g/mol. The van der Waals surface area contributed by atoms with Crippen molar-refractivity contribution >= 4 is 31.9 Å². The number of nitrogens with one attached hydrogen (secondary N) is 1. The quantitative estimate of drug-likeness (QED) is 0.900. The Balaban J connectivity index is 3.17. The summed E-state index contributed by atoms with van der Waals surface area (Å²) in [6, 6.07) is 4.56. The molecule has 0 unspecified atom stereocenters. The van der Waals surface area contributed by atoms with Gasteiger partial charge in [0.25, 0.3) is 10.0 Å². The van der Waals surface area contributed by atoms with E-state index in [0.29, 0.717) is 0 Å². The van der Waals surface area contributed by atoms with Crippen LogP contribution in [-0.4, -0.2) is 14.3 Å². The van der Waals surface area contributed by atoms with Crippen molar-refractivity contribution < 1.29 is 13.2 Å². The summed E-state index contributed by atoms with van der Waals surface area (Å²) in [6.07, 6.45) is 0. The van der Waals surface area contributed by atoms with Crippen LogP contribution in [0.5, 0.6) is 0 Å². The molecule has 0 bridgehead atoms. The number of amides is 1. The molecular formula is C9H10BrNO3S. The lowest BCUT2D eigenvalue weighted by Gasteiger charge is -2.06. The van der Waals surface area contributed by atoms with Gasteiger partial charge in [-0.05, 0) is 30.7 Å². The van der Waals surface area contributed by atoms with Gasteiger partial charge in [0.15, 0.2) is 0 Å². The third-order valence-corrected chi connectivity index (χ3v) is 4.04. The molecule has 1 aromatic carbocycles. The zero-order valence-electron chi connectivity index (χ0n) is 8.24. The molecule has 6 heteroatoms. The standard InChI is InChI=1S/C9H10BrNO3S/c1-6-5-8(3-4-9(6)10)15(13,14)11-7(2)12/h3-5H,1-2H3,(H,11,12). The minimum Gasteiger partial charge on any atom is -0.274 e. The molecule has 0 spiro atoms. The molecule has 1 aromatic rings. The highest BCUT2D eigenvalue weighted by atomic mass is 79.9. The average Bonchev–Trinajstić information content (AvgIpc) is 2.07. The first-order chi connectivity index (χ1) is 6.83. The van der Waals surface area contributed by atoms with Gasteiger partial charge in [-0.15, -0.1) is 0 Å². The maximum Gasteiger partial charge on any atom is 0.264 e. The molecule has 0 radical (unpaired) electrons. The van der Waals surface area contributed by atoms with Crippen LogP contribution in [0.2, 0.25) is 0 Å². The van der Waals surface area contributed by atoms with Crippen molar-refractivity contribution in [2.24, 2.45) is 0 Å². The lowest BCUT2D eigenvalue weighted by molar-refractivity contribution is -0.117. The van der Waals surface area contributed by atoms with E-state index in [-0.39, 0.29) is 4.90 Å². The van der Waals surface area contributed by atoms with Crippen LogP contribution in [0.1, 0.15) is 12.5 Å². The topological polar surface area (TPSA) is 63.2 Å². The summed E-state index contributed by atoms with van der Waals surface area (Å²) in [5.74, 6) is -0.601. The highest BCUT2D eigenvalue weighted by Gasteiger charge is 2.15. The van der Waals surface area contributed by atoms with E-state index < -0.39 is 15.9 Å². The van der Waals surface area contributed by atoms with Crippen molar-refractivity contribution in [2.45, 2.75) is 18.7 Å². The number of halogens is 1. The highest BCUT2D eigenvalue weighted by molar-refractivity contribution is 9.10. The van der Waals surface area contributed by atoms with E-state index in [1.165, 1.54) is 12.1 Å². The molecule has 0 heterocycles. The molecule has 0 saturated carbocycles. The van der Waals surface area contributed by atoms with Crippen molar-refractivity contribution in [3.8, 4) is 0 Å². The minimum atomic E-state index is -3.72. The van der Waals surface area contributed by atoms with E-state index >= 15 is 0 Å². The lowest BCUT2D eigenvalue weighted by Crippen LogP contribution is -2.28. The molecule has 0 atom stereocenters. The molecule has 15 heavy (non-hydrogen) atoms. The number of aryl methyl sites for hydroxylation is 1. The van der Waals surface area contributed by atoms with Crippen molar-refractivity contribution in [3.05, 3.63) is 28.2 Å². The molecule has 0 fully saturated rings. The third-order valence-electron chi connectivity index (χ3n) is 1.72. The van der Waals surface area contributed by atoms with Gasteiger partial charge in [0.05, 0.1) is 4.90 Å². The smallest absolute Gasteiger partial charge is 0.264 e. The Kier molecular flexibility index (Phi) is 3.51. The van der Waals surface area contributed by atoms with Crippen LogP contribution in [0.4, 0.5) is 0 Å². The Bertz CT molecular complexity index is 496. The monoisotopic (exact) mass is 291 g/mol. The Morgan fingerprint density at radius 3 is 2.47 bits per heavy atom. The van der Waals surface area contributed by atoms with Gasteiger partial charge in [0.1, 0.15) is 0 Å². The van der Waals surface area contributed by atoms with Gasteiger partial charge in [-0.1, -0.05) is 15.9 Å². The van der Waals surface area contributed by atoms with Crippen molar-refractivity contribution in [1.82, 2.24) is 4.72 Å². The summed E-state index contributed by atoms with van der Waals surface area (Å²) >= 11 is 3.26. The van der Waals surface area contributed by atoms with E-state index in [1.807, 2.05) is 4.72 Å². The fourth-order valence-corrected chi connectivity index (χ4v) is 2.35. The summed E-state index contributed by atoms with van der Waals surface area (Å²) in [4.78, 5) is 10.8. The third kappa shape index (κ3) is 3.04. The highest BCUT2D eigenvalue weighted by Crippen LogP contribution is 2.19. The van der Waals surface area contributed by atoms with Gasteiger partial charge in [0, 0.05) is 11.4 Å². The molecule has 0 saturated heterocycles. The summed E-state index contributed by atoms with van der Waals surface area (Å²) in [7, 11) is -3.72. The molecule has 1 rings (SSSR count). The molecule has 0 aliphatic rings. The minimum absolute atomic E-state index is 0.0819. The molecule has 0 aromatic heterocycles. The number of hydrogen-bond acceptors (Lipinski definition) is 3. The molecule has 1 amide bonds. The van der Waals surface area contributed by atoms with Gasteiger partial charge in [-0.3, -0.25) is 4.79 Å². The Morgan fingerprint density at radius 2 is 2.00 bits per heavy atom. The van der Waals surface area contributed by atoms with Crippen LogP contribution in [0, 0.1) is 6.92 Å². The van der Waals surface area contributed by atoms with E-state index in [1.54, 1.807) is 13.0 Å². The predicted molar refractivity (Wildman–Crippen MR) is 59.9 cm³/mol. The maximum absolute atomic E-state index is 11.6. The molecule has 1 N–H and O–H groups in total. The number of hydrogen-bond donors (Lipinski definition) is 1. The number of carbonyl (C=O) groups excluding carboxylic acids is 1. The number of sulfonamides is 1. The number of rotatable bonds is 2. The largest absolute Gasteiger partial charge is 0.274 e. The zero-order chi connectivity index (χ0) is 11.6. The fraction of sp³-hybridized carbons (Fsp3) is 0.222. The maximum atomic E-state index is 11.6. The molecule has 82 valence electrons. The van der Waals surface area contributed by atoms with Crippen LogP contribution < -0.4 is 4.72 Å². The van der Waals surface area contributed by atoms with Gasteiger partial charge >= 0.3 is 0 Å². The fourth-order valence-electron chi connectivity index (χ4n) is 1.03. The number of carbonyl (C=O) groups is 1. The summed E-state index contributed by atoms with van der Waals surface area (Å²) in [5.41, 5.74) is 0.793. The zero-order valence-corrected chi connectivity index (χ0v) is 10.6. The van der Waals surface area contributed by atoms with Crippen LogP contribution in [0.25, 0.3) is 0 Å². The van der Waals surface area contributed by atoms with Crippen molar-refractivity contribution in [3.63, 3.8) is 0 Å². The molecular weight excluding hydrogens is 282 g/mol. The summed E-state index contributed by atoms with van der Waals surface area (Å²) in [6.45, 7) is 2.93. The first-order valence-electron chi connectivity index (χ1n) is 4.12. The van der Waals surface area contributed by atoms with E-state index in [2.05, 4.69) is 15.9 Å². The molecule has 4 nitrogen and oxygen atoms in total. The summed E-state index contributed by atoms with van der Waals surface area (Å²) < 4.78 is 25.8. The van der Waals surface area contributed by atoms with Gasteiger partial charge in [0.2, 0.25) is 5.91 Å². The molecule has 0 aliphatic carbocycles. The van der Waals surface area contributed by atoms with E-state index in [9.17, 15) is 13.2 Å². The first-order valence-corrected chi connectivity index (χ1v) is 6.40. The van der Waals surface area contributed by atoms with Gasteiger partial charge in [-0.2, -0.15) is 0 Å². The Hall–Kier alpha value is -0.880. The molecule has 0 aliphatic heterocycles.